The second kappa shape index (κ2) is 9.32. The van der Waals surface area contributed by atoms with Gasteiger partial charge in [0, 0.05) is 11.6 Å². The minimum Gasteiger partial charge on any atom is -0.457 e. The number of rotatable bonds is 8. The van der Waals surface area contributed by atoms with Crippen LogP contribution in [0, 0.1) is 17.5 Å². The SMILES string of the molecule is CCCc1ccc(C(F)(F)Oc2ccc(-c3cc(F)c(OCF)c(F)c3)c(F)c2)cc1. The third-order valence-corrected chi connectivity index (χ3v) is 4.52. The van der Waals surface area contributed by atoms with E-state index in [4.69, 9.17) is 0 Å². The van der Waals surface area contributed by atoms with E-state index in [2.05, 4.69) is 9.47 Å². The molecular weight excluding hydrogens is 422 g/mol. The summed E-state index contributed by atoms with van der Waals surface area (Å²) in [6.07, 6.45) is -2.10. The molecule has 3 aromatic rings. The summed E-state index contributed by atoms with van der Waals surface area (Å²) in [7, 11) is 0. The number of hydrogen-bond donors (Lipinski definition) is 0. The predicted molar refractivity (Wildman–Crippen MR) is 103 cm³/mol. The average molecular weight is 440 g/mol. The molecule has 164 valence electrons. The van der Waals surface area contributed by atoms with Crippen molar-refractivity contribution in [2.24, 2.45) is 0 Å². The molecule has 0 amide bonds. The van der Waals surface area contributed by atoms with Crippen LogP contribution in [0.25, 0.3) is 11.1 Å². The Hall–Kier alpha value is -3.16. The number of hydrogen-bond acceptors (Lipinski definition) is 2. The molecule has 0 radical (unpaired) electrons. The normalized spacial score (nSPS) is 11.5. The molecule has 0 heterocycles. The molecule has 31 heavy (non-hydrogen) atoms. The maximum atomic E-state index is 14.5. The van der Waals surface area contributed by atoms with E-state index in [-0.39, 0.29) is 11.1 Å². The van der Waals surface area contributed by atoms with E-state index in [0.29, 0.717) is 6.07 Å². The molecule has 0 saturated carbocycles. The van der Waals surface area contributed by atoms with Crippen molar-refractivity contribution in [3.63, 3.8) is 0 Å². The summed E-state index contributed by atoms with van der Waals surface area (Å²) >= 11 is 0. The van der Waals surface area contributed by atoms with Crippen molar-refractivity contribution < 1.29 is 35.8 Å². The molecule has 3 rings (SSSR count). The first-order valence-electron chi connectivity index (χ1n) is 9.39. The Kier molecular flexibility index (Phi) is 6.77. The highest BCUT2D eigenvalue weighted by Gasteiger charge is 2.34. The van der Waals surface area contributed by atoms with Gasteiger partial charge in [0.2, 0.25) is 6.86 Å². The van der Waals surface area contributed by atoms with Crippen molar-refractivity contribution in [2.45, 2.75) is 25.9 Å². The maximum absolute atomic E-state index is 14.5. The highest BCUT2D eigenvalue weighted by atomic mass is 19.3. The Morgan fingerprint density at radius 2 is 1.48 bits per heavy atom. The Balaban J connectivity index is 1.83. The summed E-state index contributed by atoms with van der Waals surface area (Å²) in [6.45, 7) is 0.530. The van der Waals surface area contributed by atoms with Crippen LogP contribution >= 0.6 is 0 Å². The van der Waals surface area contributed by atoms with Crippen LogP contribution in [0.2, 0.25) is 0 Å². The Morgan fingerprint density at radius 1 is 0.839 bits per heavy atom. The molecule has 0 spiro atoms. The van der Waals surface area contributed by atoms with Gasteiger partial charge in [0.1, 0.15) is 11.6 Å². The van der Waals surface area contributed by atoms with Crippen LogP contribution in [0.15, 0.2) is 54.6 Å². The first-order chi connectivity index (χ1) is 14.7. The van der Waals surface area contributed by atoms with Gasteiger partial charge in [-0.2, -0.15) is 8.78 Å². The van der Waals surface area contributed by atoms with Crippen LogP contribution in [0.1, 0.15) is 24.5 Å². The minimum absolute atomic E-state index is 0.219. The van der Waals surface area contributed by atoms with Crippen molar-refractivity contribution in [3.05, 3.63) is 83.2 Å². The zero-order valence-corrected chi connectivity index (χ0v) is 16.4. The third-order valence-electron chi connectivity index (χ3n) is 4.52. The topological polar surface area (TPSA) is 18.5 Å². The van der Waals surface area contributed by atoms with E-state index in [1.165, 1.54) is 12.1 Å². The van der Waals surface area contributed by atoms with Gasteiger partial charge in [-0.15, -0.1) is 0 Å². The molecule has 0 aliphatic carbocycles. The number of alkyl halides is 3. The second-order valence-corrected chi connectivity index (χ2v) is 6.73. The van der Waals surface area contributed by atoms with Crippen molar-refractivity contribution in [2.75, 3.05) is 6.86 Å². The summed E-state index contributed by atoms with van der Waals surface area (Å²) in [6, 6.07) is 9.91. The zero-order chi connectivity index (χ0) is 22.6. The molecular formula is C23H18F6O2. The Bertz CT molecular complexity index is 1030. The minimum atomic E-state index is -3.72. The van der Waals surface area contributed by atoms with Crippen LogP contribution in [0.3, 0.4) is 0 Å². The van der Waals surface area contributed by atoms with Gasteiger partial charge in [-0.05, 0) is 53.9 Å². The van der Waals surface area contributed by atoms with Gasteiger partial charge in [0.05, 0.1) is 5.56 Å². The van der Waals surface area contributed by atoms with Crippen molar-refractivity contribution in [1.82, 2.24) is 0 Å². The lowest BCUT2D eigenvalue weighted by molar-refractivity contribution is -0.185. The quantitative estimate of drug-likeness (QED) is 0.346. The van der Waals surface area contributed by atoms with Crippen LogP contribution in [-0.4, -0.2) is 6.86 Å². The number of benzene rings is 3. The molecule has 3 aromatic carbocycles. The average Bonchev–Trinajstić information content (AvgIpc) is 2.71. The zero-order valence-electron chi connectivity index (χ0n) is 16.4. The molecule has 0 N–H and O–H groups in total. The van der Waals surface area contributed by atoms with E-state index < -0.39 is 47.5 Å². The molecule has 0 aromatic heterocycles. The largest absolute Gasteiger partial charge is 0.457 e. The maximum Gasteiger partial charge on any atom is 0.426 e. The van der Waals surface area contributed by atoms with Gasteiger partial charge in [-0.25, -0.2) is 17.6 Å². The first-order valence-corrected chi connectivity index (χ1v) is 9.39. The molecule has 2 nitrogen and oxygen atoms in total. The lowest BCUT2D eigenvalue weighted by Gasteiger charge is -2.19. The Labute approximate surface area is 175 Å². The van der Waals surface area contributed by atoms with E-state index >= 15 is 0 Å². The summed E-state index contributed by atoms with van der Waals surface area (Å²) in [5.41, 5.74) is 0.0250. The van der Waals surface area contributed by atoms with E-state index in [1.807, 2.05) is 6.92 Å². The summed E-state index contributed by atoms with van der Waals surface area (Å²) in [5, 5.41) is 0. The summed E-state index contributed by atoms with van der Waals surface area (Å²) in [5.74, 6) is -4.90. The van der Waals surface area contributed by atoms with E-state index in [9.17, 15) is 26.3 Å². The van der Waals surface area contributed by atoms with Crippen molar-refractivity contribution >= 4 is 0 Å². The molecule has 0 bridgehead atoms. The second-order valence-electron chi connectivity index (χ2n) is 6.73. The molecule has 0 aliphatic rings. The molecule has 0 aliphatic heterocycles. The van der Waals surface area contributed by atoms with Gasteiger partial charge in [-0.3, -0.25) is 0 Å². The summed E-state index contributed by atoms with van der Waals surface area (Å²) in [4.78, 5) is 0. The third kappa shape index (κ3) is 5.13. The lowest BCUT2D eigenvalue weighted by atomic mass is 10.0. The fraction of sp³-hybridized carbons (Fsp3) is 0.217. The number of aryl methyl sites for hydroxylation is 1. The van der Waals surface area contributed by atoms with Crippen LogP contribution in [-0.2, 0) is 12.5 Å². The van der Waals surface area contributed by atoms with Gasteiger partial charge in [0.25, 0.3) is 0 Å². The molecule has 0 fully saturated rings. The van der Waals surface area contributed by atoms with Crippen LogP contribution in [0.4, 0.5) is 26.3 Å². The highest BCUT2D eigenvalue weighted by molar-refractivity contribution is 5.66. The summed E-state index contributed by atoms with van der Waals surface area (Å²) < 4.78 is 92.3. The smallest absolute Gasteiger partial charge is 0.426 e. The van der Waals surface area contributed by atoms with Gasteiger partial charge in [0.15, 0.2) is 17.4 Å². The van der Waals surface area contributed by atoms with Gasteiger partial charge < -0.3 is 9.47 Å². The molecule has 8 heteroatoms. The molecule has 0 unspecified atom stereocenters. The fourth-order valence-corrected chi connectivity index (χ4v) is 3.06. The van der Waals surface area contributed by atoms with Gasteiger partial charge in [-0.1, -0.05) is 25.5 Å². The highest BCUT2D eigenvalue weighted by Crippen LogP contribution is 2.35. The van der Waals surface area contributed by atoms with E-state index in [1.54, 1.807) is 12.1 Å². The Morgan fingerprint density at radius 3 is 2.03 bits per heavy atom. The lowest BCUT2D eigenvalue weighted by Crippen LogP contribution is -2.22. The predicted octanol–water partition coefficient (Wildman–Crippen LogP) is 7.16. The number of halogens is 6. The fourth-order valence-electron chi connectivity index (χ4n) is 3.06. The van der Waals surface area contributed by atoms with Crippen molar-refractivity contribution in [1.29, 1.82) is 0 Å². The van der Waals surface area contributed by atoms with E-state index in [0.717, 1.165) is 42.7 Å². The van der Waals surface area contributed by atoms with Crippen molar-refractivity contribution in [3.8, 4) is 22.6 Å². The monoisotopic (exact) mass is 440 g/mol. The van der Waals surface area contributed by atoms with Gasteiger partial charge >= 0.3 is 6.11 Å². The van der Waals surface area contributed by atoms with Crippen LogP contribution in [0.5, 0.6) is 11.5 Å². The molecule has 0 saturated heterocycles. The van der Waals surface area contributed by atoms with Crippen LogP contribution < -0.4 is 9.47 Å². The standard InChI is InChI=1S/C23H18F6O2/c1-2-3-14-4-6-16(7-5-14)23(28,29)31-17-8-9-18(19(25)12-17)15-10-20(26)22(30-13-24)21(27)11-15/h4-12H,2-3,13H2,1H3. The molecule has 0 atom stereocenters. The first kappa shape index (κ1) is 22.5. The number of ether oxygens (including phenoxy) is 2.